The summed E-state index contributed by atoms with van der Waals surface area (Å²) < 4.78 is 4.44. The highest BCUT2D eigenvalue weighted by molar-refractivity contribution is 6.19. The van der Waals surface area contributed by atoms with E-state index in [9.17, 15) is 0 Å². The van der Waals surface area contributed by atoms with Gasteiger partial charge in [-0.2, -0.15) is 9.97 Å². The van der Waals surface area contributed by atoms with E-state index >= 15 is 0 Å². The van der Waals surface area contributed by atoms with Crippen LogP contribution in [0.1, 0.15) is 0 Å². The molecule has 0 saturated heterocycles. The molecule has 8 heteroatoms. The molecule has 0 bridgehead atoms. The minimum Gasteiger partial charge on any atom is -0.310 e. The first-order valence-corrected chi connectivity index (χ1v) is 25.1. The maximum atomic E-state index is 5.44. The van der Waals surface area contributed by atoms with Gasteiger partial charge in [0, 0.05) is 60.9 Å². The molecule has 0 fully saturated rings. The molecule has 4 aromatic heterocycles. The Morgan fingerprint density at radius 2 is 0.627 bits per heavy atom. The molecule has 14 rings (SSSR count). The van der Waals surface area contributed by atoms with Gasteiger partial charge in [0.2, 0.25) is 11.9 Å². The first-order valence-electron chi connectivity index (χ1n) is 25.1. The number of benzene rings is 10. The van der Waals surface area contributed by atoms with Gasteiger partial charge < -0.3 is 4.90 Å². The molecule has 0 N–H and O–H groups in total. The van der Waals surface area contributed by atoms with Crippen molar-refractivity contribution in [3.63, 3.8) is 0 Å². The first kappa shape index (κ1) is 43.5. The van der Waals surface area contributed by atoms with Crippen molar-refractivity contribution in [2.75, 3.05) is 4.90 Å². The van der Waals surface area contributed by atoms with Crippen LogP contribution in [-0.4, -0.2) is 34.1 Å². The normalized spacial score (nSPS) is 11.5. The zero-order valence-electron chi connectivity index (χ0n) is 40.5. The minimum absolute atomic E-state index is 0.526. The van der Waals surface area contributed by atoms with Crippen molar-refractivity contribution in [2.24, 2.45) is 0 Å². The molecular formula is C67H44N8. The van der Waals surface area contributed by atoms with Gasteiger partial charge in [0.05, 0.1) is 33.5 Å². The van der Waals surface area contributed by atoms with Crippen molar-refractivity contribution in [2.45, 2.75) is 0 Å². The van der Waals surface area contributed by atoms with Crippen molar-refractivity contribution in [3.05, 3.63) is 267 Å². The quantitative estimate of drug-likeness (QED) is 0.136. The third-order valence-corrected chi connectivity index (χ3v) is 14.0. The smallest absolute Gasteiger partial charge is 0.238 e. The van der Waals surface area contributed by atoms with Crippen molar-refractivity contribution in [1.82, 2.24) is 34.1 Å². The lowest BCUT2D eigenvalue weighted by atomic mass is 10.0. The highest BCUT2D eigenvalue weighted by atomic mass is 15.2. The maximum Gasteiger partial charge on any atom is 0.238 e. The molecule has 0 aliphatic rings. The van der Waals surface area contributed by atoms with Gasteiger partial charge in [-0.1, -0.05) is 200 Å². The van der Waals surface area contributed by atoms with Crippen molar-refractivity contribution < 1.29 is 0 Å². The number of hydrogen-bond donors (Lipinski definition) is 0. The van der Waals surface area contributed by atoms with E-state index in [1.54, 1.807) is 0 Å². The molecule has 0 spiro atoms. The predicted molar refractivity (Wildman–Crippen MR) is 306 cm³/mol. The Bertz CT molecular complexity index is 4260. The van der Waals surface area contributed by atoms with E-state index < -0.39 is 0 Å². The summed E-state index contributed by atoms with van der Waals surface area (Å²) in [5.41, 5.74) is 14.8. The summed E-state index contributed by atoms with van der Waals surface area (Å²) in [5.74, 6) is 2.28. The lowest BCUT2D eigenvalue weighted by Gasteiger charge is -2.26. The number of hydrogen-bond acceptors (Lipinski definition) is 6. The van der Waals surface area contributed by atoms with Crippen molar-refractivity contribution in [1.29, 1.82) is 0 Å². The molecule has 4 heterocycles. The second-order valence-corrected chi connectivity index (χ2v) is 18.5. The molecule has 0 aliphatic carbocycles. The maximum absolute atomic E-state index is 5.44. The molecule has 0 unspecified atom stereocenters. The number of nitrogens with zero attached hydrogens (tertiary/aromatic N) is 8. The van der Waals surface area contributed by atoms with Crippen LogP contribution in [0.4, 0.5) is 17.1 Å². The first-order chi connectivity index (χ1) is 37.2. The molecule has 0 saturated carbocycles. The highest BCUT2D eigenvalue weighted by Crippen LogP contribution is 2.43. The Hall–Kier alpha value is -10.3. The van der Waals surface area contributed by atoms with E-state index in [1.807, 2.05) is 72.8 Å². The van der Waals surface area contributed by atoms with E-state index in [-0.39, 0.29) is 0 Å². The van der Waals surface area contributed by atoms with Gasteiger partial charge in [0.25, 0.3) is 0 Å². The van der Waals surface area contributed by atoms with E-state index in [2.05, 4.69) is 208 Å². The number of fused-ring (bicyclic) bond motifs is 6. The Labute approximate surface area is 432 Å². The molecule has 8 nitrogen and oxygen atoms in total. The van der Waals surface area contributed by atoms with Gasteiger partial charge >= 0.3 is 0 Å². The molecule has 10 aromatic carbocycles. The lowest BCUT2D eigenvalue weighted by molar-refractivity contribution is 0.953. The molecule has 0 atom stereocenters. The van der Waals surface area contributed by atoms with Gasteiger partial charge in [-0.3, -0.25) is 9.13 Å². The molecule has 14 aromatic rings. The summed E-state index contributed by atoms with van der Waals surface area (Å²) in [7, 11) is 0. The number of para-hydroxylation sites is 2. The third-order valence-electron chi connectivity index (χ3n) is 14.0. The minimum atomic E-state index is 0.526. The van der Waals surface area contributed by atoms with Crippen LogP contribution in [0.2, 0.25) is 0 Å². The third kappa shape index (κ3) is 7.85. The molecule has 352 valence electrons. The zero-order valence-corrected chi connectivity index (χ0v) is 40.5. The van der Waals surface area contributed by atoms with Crippen LogP contribution in [0.15, 0.2) is 267 Å². The standard InChI is InChI=1S/C67H44N8/c1-7-21-45(22-8-1)46-35-37-52(38-36-46)73(51-31-17-6-18-32-51)53-39-40-61-55(41-53)57-43-62-56(42-63(57)75(61)66-68-58(47-23-9-2-10-24-47)44-59(69-66)48-25-11-3-12-26-48)54-33-19-20-34-60(54)74(62)67-71-64(49-27-13-4-14-28-49)70-65(72-67)50-29-15-5-16-30-50/h1-44H. The average Bonchev–Trinajstić information content (AvgIpc) is 4.03. The highest BCUT2D eigenvalue weighted by Gasteiger charge is 2.24. The van der Waals surface area contributed by atoms with Gasteiger partial charge in [-0.25, -0.2) is 15.0 Å². The fraction of sp³-hybridized carbons (Fsp3) is 0. The molecule has 0 aliphatic heterocycles. The fourth-order valence-corrected chi connectivity index (χ4v) is 10.4. The van der Waals surface area contributed by atoms with Crippen LogP contribution < -0.4 is 4.90 Å². The largest absolute Gasteiger partial charge is 0.310 e. The Balaban J connectivity index is 1.06. The molecular weight excluding hydrogens is 917 g/mol. The second-order valence-electron chi connectivity index (χ2n) is 18.5. The van der Waals surface area contributed by atoms with Crippen molar-refractivity contribution in [3.8, 4) is 68.3 Å². The Morgan fingerprint density at radius 1 is 0.240 bits per heavy atom. The monoisotopic (exact) mass is 960 g/mol. The molecule has 0 amide bonds. The van der Waals surface area contributed by atoms with E-state index in [4.69, 9.17) is 24.9 Å². The van der Waals surface area contributed by atoms with Gasteiger partial charge in [0.1, 0.15) is 0 Å². The molecule has 75 heavy (non-hydrogen) atoms. The Kier molecular flexibility index (Phi) is 10.7. The van der Waals surface area contributed by atoms with E-state index in [0.717, 1.165) is 99.9 Å². The van der Waals surface area contributed by atoms with E-state index in [0.29, 0.717) is 23.5 Å². The summed E-state index contributed by atoms with van der Waals surface area (Å²) >= 11 is 0. The van der Waals surface area contributed by atoms with Gasteiger partial charge in [-0.05, 0) is 77.9 Å². The van der Waals surface area contributed by atoms with Crippen molar-refractivity contribution >= 4 is 60.7 Å². The van der Waals surface area contributed by atoms with Crippen LogP contribution in [0.25, 0.3) is 112 Å². The number of rotatable bonds is 10. The Morgan fingerprint density at radius 3 is 1.17 bits per heavy atom. The zero-order chi connectivity index (χ0) is 49.7. The number of anilines is 3. The summed E-state index contributed by atoms with van der Waals surface area (Å²) in [5, 5.41) is 4.15. The fourth-order valence-electron chi connectivity index (χ4n) is 10.4. The summed E-state index contributed by atoms with van der Waals surface area (Å²) in [4.78, 5) is 28.8. The van der Waals surface area contributed by atoms with Crippen LogP contribution in [0.3, 0.4) is 0 Å². The van der Waals surface area contributed by atoms with Crippen LogP contribution in [0.5, 0.6) is 0 Å². The molecule has 0 radical (unpaired) electrons. The SMILES string of the molecule is c1ccc(-c2ccc(N(c3ccccc3)c3ccc4c(c3)c3cc5c(cc3n4-c3nc(-c4ccccc4)cc(-c4ccccc4)n3)c3ccccc3n5-c3nc(-c4ccccc4)nc(-c4ccccc4)n3)cc2)cc1. The summed E-state index contributed by atoms with van der Waals surface area (Å²) in [6.45, 7) is 0. The predicted octanol–water partition coefficient (Wildman–Crippen LogP) is 16.7. The topological polar surface area (TPSA) is 77.5 Å². The van der Waals surface area contributed by atoms with Gasteiger partial charge in [-0.15, -0.1) is 0 Å². The number of aromatic nitrogens is 7. The van der Waals surface area contributed by atoms with Crippen LogP contribution >= 0.6 is 0 Å². The average molecular weight is 961 g/mol. The van der Waals surface area contributed by atoms with Crippen LogP contribution in [0, 0.1) is 0 Å². The van der Waals surface area contributed by atoms with E-state index in [1.165, 1.54) is 5.56 Å². The van der Waals surface area contributed by atoms with Gasteiger partial charge in [0.15, 0.2) is 11.6 Å². The summed E-state index contributed by atoms with van der Waals surface area (Å²) in [6, 6.07) is 92.9. The second kappa shape index (κ2) is 18.4. The van der Waals surface area contributed by atoms with Crippen LogP contribution in [-0.2, 0) is 0 Å². The lowest BCUT2D eigenvalue weighted by Crippen LogP contribution is -2.09. The summed E-state index contributed by atoms with van der Waals surface area (Å²) in [6.07, 6.45) is 0.